The topological polar surface area (TPSA) is 118 Å². The van der Waals surface area contributed by atoms with Crippen LogP contribution in [0.1, 0.15) is 12.0 Å². The van der Waals surface area contributed by atoms with E-state index in [1.165, 1.54) is 6.08 Å². The zero-order valence-corrected chi connectivity index (χ0v) is 18.8. The van der Waals surface area contributed by atoms with Gasteiger partial charge in [-0.3, -0.25) is 4.79 Å². The number of fused-ring (bicyclic) bond motifs is 1. The van der Waals surface area contributed by atoms with Crippen LogP contribution >= 0.6 is 0 Å². The Morgan fingerprint density at radius 2 is 1.94 bits per heavy atom. The van der Waals surface area contributed by atoms with Gasteiger partial charge < -0.3 is 9.73 Å². The largest absolute Gasteiger partial charge is 0.454 e. The molecule has 1 saturated heterocycles. The third-order valence-corrected chi connectivity index (χ3v) is 7.42. The molecule has 0 bridgehead atoms. The van der Waals surface area contributed by atoms with E-state index in [1.54, 1.807) is 10.9 Å². The van der Waals surface area contributed by atoms with Gasteiger partial charge in [0, 0.05) is 23.2 Å². The van der Waals surface area contributed by atoms with E-state index in [0.717, 1.165) is 11.1 Å². The number of benzene rings is 2. The number of furan rings is 1. The molecule has 170 valence electrons. The highest BCUT2D eigenvalue weighted by molar-refractivity contribution is 7.91. The molecule has 0 unspecified atom stereocenters. The Balaban J connectivity index is 1.54. The van der Waals surface area contributed by atoms with Crippen molar-refractivity contribution < 1.29 is 17.6 Å². The lowest BCUT2D eigenvalue weighted by Crippen LogP contribution is -2.36. The maximum atomic E-state index is 12.8. The smallest absolute Gasteiger partial charge is 0.262 e. The fraction of sp³-hybridized carbons (Fsp3) is 0.160. The molecule has 2 aromatic carbocycles. The number of hydrogen-bond acceptors (Lipinski definition) is 6. The second-order valence-corrected chi connectivity index (χ2v) is 10.3. The van der Waals surface area contributed by atoms with Gasteiger partial charge in [-0.1, -0.05) is 36.4 Å². The van der Waals surface area contributed by atoms with Crippen LogP contribution in [0.25, 0.3) is 34.2 Å². The van der Waals surface area contributed by atoms with Gasteiger partial charge >= 0.3 is 0 Å². The van der Waals surface area contributed by atoms with Gasteiger partial charge in [0.15, 0.2) is 15.6 Å². The number of hydrogen-bond donors (Lipinski definition) is 1. The Bertz CT molecular complexity index is 1530. The molecule has 2 aromatic heterocycles. The molecule has 1 aliphatic rings. The van der Waals surface area contributed by atoms with Crippen molar-refractivity contribution in [2.24, 2.45) is 0 Å². The third kappa shape index (κ3) is 4.36. The van der Waals surface area contributed by atoms with E-state index in [1.807, 2.05) is 66.7 Å². The van der Waals surface area contributed by atoms with Crippen molar-refractivity contribution in [1.29, 1.82) is 5.26 Å². The summed E-state index contributed by atoms with van der Waals surface area (Å²) in [5, 5.41) is 17.9. The second kappa shape index (κ2) is 8.65. The molecular formula is C25H20N4O4S. The molecule has 0 saturated carbocycles. The fourth-order valence-corrected chi connectivity index (χ4v) is 5.65. The van der Waals surface area contributed by atoms with E-state index in [-0.39, 0.29) is 17.1 Å². The minimum absolute atomic E-state index is 0.0313. The van der Waals surface area contributed by atoms with Crippen LogP contribution in [-0.4, -0.2) is 41.7 Å². The lowest BCUT2D eigenvalue weighted by Gasteiger charge is -2.09. The molecule has 5 rings (SSSR count). The number of rotatable bonds is 5. The molecule has 0 radical (unpaired) electrons. The van der Waals surface area contributed by atoms with E-state index < -0.39 is 21.8 Å². The van der Waals surface area contributed by atoms with Crippen LogP contribution in [0.15, 0.2) is 76.9 Å². The first kappa shape index (κ1) is 21.7. The minimum atomic E-state index is -3.16. The summed E-state index contributed by atoms with van der Waals surface area (Å²) in [6.07, 6.45) is 3.51. The number of carbonyl (C=O) groups is 1. The molecule has 1 amide bonds. The van der Waals surface area contributed by atoms with Gasteiger partial charge in [-0.25, -0.2) is 13.1 Å². The summed E-state index contributed by atoms with van der Waals surface area (Å²) in [5.41, 5.74) is 2.35. The number of carbonyl (C=O) groups excluding carboxylic acids is 1. The first-order chi connectivity index (χ1) is 16.4. The third-order valence-electron chi connectivity index (χ3n) is 5.65. The molecule has 8 nitrogen and oxygen atoms in total. The summed E-state index contributed by atoms with van der Waals surface area (Å²) in [7, 11) is -3.16. The molecule has 1 aliphatic heterocycles. The Morgan fingerprint density at radius 1 is 1.18 bits per heavy atom. The van der Waals surface area contributed by atoms with E-state index in [2.05, 4.69) is 10.4 Å². The van der Waals surface area contributed by atoms with Crippen molar-refractivity contribution in [2.75, 3.05) is 11.5 Å². The quantitative estimate of drug-likeness (QED) is 0.351. The molecular weight excluding hydrogens is 452 g/mol. The van der Waals surface area contributed by atoms with E-state index in [0.29, 0.717) is 29.0 Å². The minimum Gasteiger partial charge on any atom is -0.454 e. The van der Waals surface area contributed by atoms with Gasteiger partial charge in [-0.05, 0) is 36.8 Å². The van der Waals surface area contributed by atoms with Crippen LogP contribution < -0.4 is 5.32 Å². The average molecular weight is 473 g/mol. The summed E-state index contributed by atoms with van der Waals surface area (Å²) in [6, 6.07) is 20.3. The van der Waals surface area contributed by atoms with Gasteiger partial charge in [0.1, 0.15) is 22.9 Å². The number of para-hydroxylation sites is 2. The molecule has 1 N–H and O–H groups in total. The van der Waals surface area contributed by atoms with Crippen molar-refractivity contribution in [3.8, 4) is 23.2 Å². The van der Waals surface area contributed by atoms with Gasteiger partial charge in [0.05, 0.1) is 17.2 Å². The molecule has 3 heterocycles. The molecule has 1 atom stereocenters. The summed E-state index contributed by atoms with van der Waals surface area (Å²) >= 11 is 0. The first-order valence-corrected chi connectivity index (χ1v) is 12.5. The number of nitriles is 1. The van der Waals surface area contributed by atoms with Crippen molar-refractivity contribution in [3.05, 3.63) is 78.0 Å². The maximum absolute atomic E-state index is 12.8. The van der Waals surface area contributed by atoms with Crippen molar-refractivity contribution in [1.82, 2.24) is 15.1 Å². The normalized spacial score (nSPS) is 17.5. The highest BCUT2D eigenvalue weighted by atomic mass is 32.2. The maximum Gasteiger partial charge on any atom is 0.262 e. The van der Waals surface area contributed by atoms with Crippen LogP contribution in [0, 0.1) is 11.3 Å². The van der Waals surface area contributed by atoms with Crippen molar-refractivity contribution in [3.63, 3.8) is 0 Å². The Morgan fingerprint density at radius 3 is 2.65 bits per heavy atom. The summed E-state index contributed by atoms with van der Waals surface area (Å²) in [5.74, 6) is -0.202. The predicted molar refractivity (Wildman–Crippen MR) is 128 cm³/mol. The predicted octanol–water partition coefficient (Wildman–Crippen LogP) is 3.50. The molecule has 4 aromatic rings. The highest BCUT2D eigenvalue weighted by Gasteiger charge is 2.29. The van der Waals surface area contributed by atoms with Crippen LogP contribution in [0.2, 0.25) is 0 Å². The number of aromatic nitrogens is 2. The molecule has 0 aliphatic carbocycles. The number of amides is 1. The summed E-state index contributed by atoms with van der Waals surface area (Å²) < 4.78 is 31.1. The van der Waals surface area contributed by atoms with Crippen LogP contribution in [-0.2, 0) is 14.6 Å². The number of nitrogens with one attached hydrogen (secondary N) is 1. The molecule has 34 heavy (non-hydrogen) atoms. The van der Waals surface area contributed by atoms with E-state index >= 15 is 0 Å². The van der Waals surface area contributed by atoms with Crippen LogP contribution in [0.5, 0.6) is 0 Å². The van der Waals surface area contributed by atoms with Gasteiger partial charge in [-0.15, -0.1) is 0 Å². The zero-order chi connectivity index (χ0) is 23.7. The average Bonchev–Trinajstić information content (AvgIpc) is 3.53. The highest BCUT2D eigenvalue weighted by Crippen LogP contribution is 2.31. The van der Waals surface area contributed by atoms with Crippen molar-refractivity contribution in [2.45, 2.75) is 12.5 Å². The van der Waals surface area contributed by atoms with Crippen LogP contribution in [0.4, 0.5) is 0 Å². The molecule has 1 fully saturated rings. The van der Waals surface area contributed by atoms with Gasteiger partial charge in [-0.2, -0.15) is 10.4 Å². The number of sulfone groups is 1. The standard InChI is InChI=1S/C25H20N4O4S/c26-14-18(25(30)27-20-10-11-34(31,32)16-20)12-19-15-29(21-7-2-1-3-8-21)28-24(19)23-13-17-6-4-5-9-22(17)33-23/h1-9,12-13,15,20H,10-11,16H2,(H,27,30)/b18-12+/t20-/m0/s1. The summed E-state index contributed by atoms with van der Waals surface area (Å²) in [6.45, 7) is 0. The van der Waals surface area contributed by atoms with E-state index in [4.69, 9.17) is 4.42 Å². The lowest BCUT2D eigenvalue weighted by atomic mass is 10.1. The summed E-state index contributed by atoms with van der Waals surface area (Å²) in [4.78, 5) is 12.8. The first-order valence-electron chi connectivity index (χ1n) is 10.7. The zero-order valence-electron chi connectivity index (χ0n) is 18.0. The van der Waals surface area contributed by atoms with Gasteiger partial charge in [0.25, 0.3) is 5.91 Å². The SMILES string of the molecule is N#C/C(=C\c1cn(-c2ccccc2)nc1-c1cc2ccccc2o1)C(=O)N[C@H]1CCS(=O)(=O)C1. The lowest BCUT2D eigenvalue weighted by molar-refractivity contribution is -0.117. The fourth-order valence-electron chi connectivity index (χ4n) is 3.97. The van der Waals surface area contributed by atoms with E-state index in [9.17, 15) is 18.5 Å². The Labute approximate surface area is 196 Å². The molecule has 0 spiro atoms. The van der Waals surface area contributed by atoms with Gasteiger partial charge in [0.2, 0.25) is 0 Å². The second-order valence-electron chi connectivity index (χ2n) is 8.10. The molecule has 9 heteroatoms. The van der Waals surface area contributed by atoms with Crippen LogP contribution in [0.3, 0.4) is 0 Å². The number of nitrogens with zero attached hydrogens (tertiary/aromatic N) is 3. The monoisotopic (exact) mass is 472 g/mol. The Kier molecular flexibility index (Phi) is 5.51. The Hall–Kier alpha value is -4.16. The van der Waals surface area contributed by atoms with Crippen molar-refractivity contribution >= 4 is 32.8 Å².